The van der Waals surface area contributed by atoms with Gasteiger partial charge in [-0.1, -0.05) is 19.8 Å². The number of anilines is 1. The van der Waals surface area contributed by atoms with Crippen LogP contribution >= 0.6 is 0 Å². The van der Waals surface area contributed by atoms with Crippen molar-refractivity contribution in [2.75, 3.05) is 25.6 Å². The Morgan fingerprint density at radius 1 is 1.43 bits per heavy atom. The molecule has 2 rings (SSSR count). The van der Waals surface area contributed by atoms with E-state index in [1.54, 1.807) is 14.0 Å². The van der Waals surface area contributed by atoms with Crippen LogP contribution in [0.3, 0.4) is 0 Å². The number of nitrogens with one attached hydrogen (secondary N) is 1. The lowest BCUT2D eigenvalue weighted by Crippen LogP contribution is -2.36. The van der Waals surface area contributed by atoms with Crippen LogP contribution < -0.4 is 11.0 Å². The summed E-state index contributed by atoms with van der Waals surface area (Å²) in [5, 5.41) is 22.2. The minimum atomic E-state index is -1.33. The Labute approximate surface area is 162 Å². The number of amides is 1. The van der Waals surface area contributed by atoms with Crippen molar-refractivity contribution in [3.05, 3.63) is 22.2 Å². The fourth-order valence-corrected chi connectivity index (χ4v) is 2.74. The first-order valence-corrected chi connectivity index (χ1v) is 8.63. The summed E-state index contributed by atoms with van der Waals surface area (Å²) >= 11 is 0. The van der Waals surface area contributed by atoms with Crippen LogP contribution in [0.5, 0.6) is 0 Å². The number of aromatic nitrogens is 2. The van der Waals surface area contributed by atoms with Crippen molar-refractivity contribution >= 4 is 11.9 Å². The monoisotopic (exact) mass is 395 g/mol. The average Bonchev–Trinajstić information content (AvgIpc) is 2.88. The highest BCUT2D eigenvalue weighted by Gasteiger charge is 2.42. The Balaban J connectivity index is 2.17. The van der Waals surface area contributed by atoms with Gasteiger partial charge in [-0.15, -0.1) is 6.42 Å². The predicted octanol–water partition coefficient (Wildman–Crippen LogP) is 0.0848. The molecule has 1 saturated heterocycles. The molecule has 2 unspecified atom stereocenters. The van der Waals surface area contributed by atoms with E-state index in [1.807, 2.05) is 13.8 Å². The Bertz CT molecular complexity index is 814. The first-order chi connectivity index (χ1) is 13.1. The molecular formula is C18H25N3O7. The van der Waals surface area contributed by atoms with Gasteiger partial charge in [0.25, 0.3) is 0 Å². The molecule has 4 atom stereocenters. The molecule has 1 amide bonds. The molecule has 28 heavy (non-hydrogen) atoms. The third-order valence-electron chi connectivity index (χ3n) is 4.21. The predicted molar refractivity (Wildman–Crippen MR) is 98.7 cm³/mol. The molecule has 1 aromatic rings. The molecule has 10 nitrogen and oxygen atoms in total. The van der Waals surface area contributed by atoms with E-state index in [9.17, 15) is 19.8 Å². The zero-order valence-electron chi connectivity index (χ0n) is 16.2. The molecule has 3 N–H and O–H groups in total. The van der Waals surface area contributed by atoms with E-state index in [0.29, 0.717) is 6.61 Å². The van der Waals surface area contributed by atoms with Crippen molar-refractivity contribution in [1.82, 2.24) is 9.55 Å². The maximum absolute atomic E-state index is 12.3. The van der Waals surface area contributed by atoms with Gasteiger partial charge in [-0.2, -0.15) is 4.98 Å². The lowest BCUT2D eigenvalue weighted by atomic mass is 9.96. The van der Waals surface area contributed by atoms with Crippen molar-refractivity contribution in [1.29, 1.82) is 0 Å². The third-order valence-corrected chi connectivity index (χ3v) is 4.21. The molecule has 10 heteroatoms. The minimum Gasteiger partial charge on any atom is -0.449 e. The minimum absolute atomic E-state index is 0.0764. The highest BCUT2D eigenvalue weighted by molar-refractivity contribution is 5.84. The van der Waals surface area contributed by atoms with Gasteiger partial charge in [0.1, 0.15) is 18.8 Å². The van der Waals surface area contributed by atoms with Gasteiger partial charge in [-0.25, -0.2) is 9.59 Å². The standard InChI is InChI=1S/C18H25N3O7/c1-6-11-7-21(15-13(23)12(22)10(2)28-15)16(24)19-14(11)20-17(25)27-9-18(3,4)8-26-5/h1,7,10,12-13,15,22-23H,8-9H2,2-5H3,(H,19,20,24,25)/t10-,12?,13?,15-/m1/s1. The van der Waals surface area contributed by atoms with Crippen molar-refractivity contribution in [3.8, 4) is 12.3 Å². The summed E-state index contributed by atoms with van der Waals surface area (Å²) in [6, 6.07) is 0. The molecule has 0 aliphatic carbocycles. The van der Waals surface area contributed by atoms with Gasteiger partial charge in [0, 0.05) is 18.7 Å². The van der Waals surface area contributed by atoms with Crippen LogP contribution in [0.2, 0.25) is 0 Å². The number of hydrogen-bond acceptors (Lipinski definition) is 8. The second kappa shape index (κ2) is 8.70. The summed E-state index contributed by atoms with van der Waals surface area (Å²) < 4.78 is 16.6. The molecule has 1 fully saturated rings. The highest BCUT2D eigenvalue weighted by Crippen LogP contribution is 2.28. The molecule has 0 bridgehead atoms. The van der Waals surface area contributed by atoms with Crippen LogP contribution in [-0.4, -0.2) is 64.5 Å². The number of rotatable bonds is 6. The van der Waals surface area contributed by atoms with Crippen LogP contribution in [0, 0.1) is 17.8 Å². The maximum Gasteiger partial charge on any atom is 0.412 e. The SMILES string of the molecule is C#Cc1cn([C@@H]2O[C@H](C)C(O)C2O)c(=O)nc1NC(=O)OCC(C)(C)COC. The Hall–Kier alpha value is -2.45. The first kappa shape index (κ1) is 21.8. The Morgan fingerprint density at radius 3 is 2.64 bits per heavy atom. The third kappa shape index (κ3) is 4.88. The molecule has 154 valence electrons. The molecule has 2 heterocycles. The van der Waals surface area contributed by atoms with Crippen LogP contribution in [-0.2, 0) is 14.2 Å². The molecule has 0 spiro atoms. The van der Waals surface area contributed by atoms with E-state index in [4.69, 9.17) is 20.6 Å². The summed E-state index contributed by atoms with van der Waals surface area (Å²) in [5.41, 5.74) is -1.14. The number of methoxy groups -OCH3 is 1. The fraction of sp³-hybridized carbons (Fsp3) is 0.611. The normalized spacial score (nSPS) is 24.6. The van der Waals surface area contributed by atoms with Gasteiger partial charge in [-0.3, -0.25) is 9.88 Å². The molecule has 0 aromatic carbocycles. The van der Waals surface area contributed by atoms with Crippen molar-refractivity contribution in [2.24, 2.45) is 5.41 Å². The lowest BCUT2D eigenvalue weighted by molar-refractivity contribution is -0.0350. The van der Waals surface area contributed by atoms with Crippen molar-refractivity contribution < 1.29 is 29.2 Å². The van der Waals surface area contributed by atoms with E-state index in [-0.39, 0.29) is 18.0 Å². The van der Waals surface area contributed by atoms with Crippen LogP contribution in [0.15, 0.2) is 11.0 Å². The van der Waals surface area contributed by atoms with E-state index in [2.05, 4.69) is 16.2 Å². The molecule has 1 aliphatic rings. The summed E-state index contributed by atoms with van der Waals surface area (Å²) in [6.45, 7) is 5.74. The molecule has 1 aromatic heterocycles. The van der Waals surface area contributed by atoms with Crippen LogP contribution in [0.4, 0.5) is 10.6 Å². The summed E-state index contributed by atoms with van der Waals surface area (Å²) in [6.07, 6.45) is 1.54. The second-order valence-electron chi connectivity index (χ2n) is 7.35. The van der Waals surface area contributed by atoms with Gasteiger partial charge < -0.3 is 24.4 Å². The van der Waals surface area contributed by atoms with Gasteiger partial charge in [-0.05, 0) is 6.92 Å². The van der Waals surface area contributed by atoms with Gasteiger partial charge in [0.2, 0.25) is 0 Å². The summed E-state index contributed by atoms with van der Waals surface area (Å²) in [4.78, 5) is 28.1. The molecule has 1 aliphatic heterocycles. The smallest absolute Gasteiger partial charge is 0.412 e. The van der Waals surface area contributed by atoms with Gasteiger partial charge >= 0.3 is 11.8 Å². The van der Waals surface area contributed by atoms with E-state index < -0.39 is 41.7 Å². The second-order valence-corrected chi connectivity index (χ2v) is 7.35. The number of aliphatic hydroxyl groups is 2. The molecular weight excluding hydrogens is 370 g/mol. The van der Waals surface area contributed by atoms with Crippen molar-refractivity contribution in [2.45, 2.75) is 45.3 Å². The average molecular weight is 395 g/mol. The topological polar surface area (TPSA) is 132 Å². The highest BCUT2D eigenvalue weighted by atomic mass is 16.6. The lowest BCUT2D eigenvalue weighted by Gasteiger charge is -2.23. The first-order valence-electron chi connectivity index (χ1n) is 8.63. The van der Waals surface area contributed by atoms with Crippen molar-refractivity contribution in [3.63, 3.8) is 0 Å². The molecule has 0 saturated carbocycles. The van der Waals surface area contributed by atoms with Crippen LogP contribution in [0.1, 0.15) is 32.6 Å². The van der Waals surface area contributed by atoms with E-state index in [1.165, 1.54) is 6.20 Å². The van der Waals surface area contributed by atoms with Gasteiger partial charge in [0.05, 0.1) is 18.3 Å². The number of carbonyl (C=O) groups excluding carboxylic acids is 1. The van der Waals surface area contributed by atoms with E-state index in [0.717, 1.165) is 4.57 Å². The fourth-order valence-electron chi connectivity index (χ4n) is 2.74. The van der Waals surface area contributed by atoms with Gasteiger partial charge in [0.15, 0.2) is 12.0 Å². The number of carbonyl (C=O) groups is 1. The number of ether oxygens (including phenoxy) is 3. The van der Waals surface area contributed by atoms with Crippen LogP contribution in [0.25, 0.3) is 0 Å². The van der Waals surface area contributed by atoms with E-state index >= 15 is 0 Å². The quantitative estimate of drug-likeness (QED) is 0.577. The molecule has 0 radical (unpaired) electrons. The largest absolute Gasteiger partial charge is 0.449 e. The number of terminal acetylenes is 1. The zero-order valence-corrected chi connectivity index (χ0v) is 16.2. The summed E-state index contributed by atoms with van der Waals surface area (Å²) in [7, 11) is 1.55. The zero-order chi connectivity index (χ0) is 21.1. The number of aliphatic hydroxyl groups excluding tert-OH is 2. The Kier molecular flexibility index (Phi) is 6.79. The summed E-state index contributed by atoms with van der Waals surface area (Å²) in [5.74, 6) is 2.16. The maximum atomic E-state index is 12.3. The number of nitrogens with zero attached hydrogens (tertiary/aromatic N) is 2. The Morgan fingerprint density at radius 2 is 2.11 bits per heavy atom. The number of hydrogen-bond donors (Lipinski definition) is 3.